The number of piperazine rings is 1. The number of nitrogens with one attached hydrogen (secondary N) is 2. The van der Waals surface area contributed by atoms with Gasteiger partial charge in [0.1, 0.15) is 23.8 Å². The van der Waals surface area contributed by atoms with E-state index in [0.29, 0.717) is 0 Å². The summed E-state index contributed by atoms with van der Waals surface area (Å²) in [6.45, 7) is 5.58. The van der Waals surface area contributed by atoms with Gasteiger partial charge in [-0.1, -0.05) is 12.1 Å². The molecule has 0 atom stereocenters. The van der Waals surface area contributed by atoms with E-state index in [-0.39, 0.29) is 0 Å². The molecule has 1 aliphatic rings. The number of hydrogen-bond donors (Lipinski definition) is 2. The number of benzene rings is 2. The van der Waals surface area contributed by atoms with Crippen molar-refractivity contribution >= 4 is 17.3 Å². The number of hydrogen-bond acceptors (Lipinski definition) is 4. The summed E-state index contributed by atoms with van der Waals surface area (Å²) in [7, 11) is 5.08. The Bertz CT molecular complexity index is 805. The highest BCUT2D eigenvalue weighted by Crippen LogP contribution is 2.23. The van der Waals surface area contributed by atoms with Gasteiger partial charge in [0.2, 0.25) is 0 Å². The van der Waals surface area contributed by atoms with Crippen LogP contribution in [0.3, 0.4) is 0 Å². The van der Waals surface area contributed by atoms with Crippen molar-refractivity contribution in [2.45, 2.75) is 13.1 Å². The average molecular weight is 417 g/mol. The molecular weight excluding hydrogens is 386 g/mol. The second-order valence-corrected chi connectivity index (χ2v) is 7.49. The Morgan fingerprint density at radius 3 is 2.24 bits per heavy atom. The van der Waals surface area contributed by atoms with E-state index < -0.39 is 0 Å². The lowest BCUT2D eigenvalue weighted by Crippen LogP contribution is -3.13. The van der Waals surface area contributed by atoms with Crippen molar-refractivity contribution in [2.75, 3.05) is 47.5 Å². The van der Waals surface area contributed by atoms with Crippen LogP contribution < -0.4 is 24.4 Å². The normalized spacial score (nSPS) is 14.4. The van der Waals surface area contributed by atoms with E-state index >= 15 is 0 Å². The highest BCUT2D eigenvalue weighted by atomic mass is 32.1. The first-order valence-electron chi connectivity index (χ1n) is 9.83. The van der Waals surface area contributed by atoms with Crippen molar-refractivity contribution in [3.8, 4) is 17.2 Å². The Kier molecular flexibility index (Phi) is 7.55. The molecule has 1 fully saturated rings. The standard InChI is InChI=1S/C22H29N3O3S/c1-26-19-6-4-17(5-7-19)15-23-22(29)25-12-10-24(11-13-25)16-18-14-20(27-2)8-9-21(18)28-3/h4-9,14H,10-13,15-16H2,1-3H3,(H,23,29)/p+1. The van der Waals surface area contributed by atoms with Crippen molar-refractivity contribution < 1.29 is 19.1 Å². The van der Waals surface area contributed by atoms with Crippen LogP contribution in [-0.2, 0) is 13.1 Å². The van der Waals surface area contributed by atoms with Gasteiger partial charge < -0.3 is 29.3 Å². The van der Waals surface area contributed by atoms with E-state index in [1.54, 1.807) is 21.3 Å². The second kappa shape index (κ2) is 10.3. The summed E-state index contributed by atoms with van der Waals surface area (Å²) in [5.74, 6) is 2.64. The average Bonchev–Trinajstić information content (AvgIpc) is 2.78. The molecule has 1 heterocycles. The Balaban J connectivity index is 1.48. The van der Waals surface area contributed by atoms with Crippen LogP contribution in [0.2, 0.25) is 0 Å². The van der Waals surface area contributed by atoms with E-state index in [0.717, 1.165) is 61.6 Å². The number of rotatable bonds is 7. The molecule has 7 heteroatoms. The molecule has 1 aliphatic heterocycles. The van der Waals surface area contributed by atoms with Crippen LogP contribution in [0.1, 0.15) is 11.1 Å². The van der Waals surface area contributed by atoms with E-state index in [1.165, 1.54) is 16.0 Å². The van der Waals surface area contributed by atoms with Gasteiger partial charge in [0, 0.05) is 6.54 Å². The molecule has 0 spiro atoms. The van der Waals surface area contributed by atoms with Gasteiger partial charge in [0.05, 0.1) is 53.1 Å². The van der Waals surface area contributed by atoms with Crippen LogP contribution >= 0.6 is 12.2 Å². The van der Waals surface area contributed by atoms with Crippen molar-refractivity contribution in [1.82, 2.24) is 10.2 Å². The first kappa shape index (κ1) is 21.2. The van der Waals surface area contributed by atoms with Crippen LogP contribution in [0.25, 0.3) is 0 Å². The topological polar surface area (TPSA) is 47.4 Å². The third-order valence-electron chi connectivity index (χ3n) is 5.29. The minimum absolute atomic E-state index is 0.719. The zero-order valence-corrected chi connectivity index (χ0v) is 18.2. The lowest BCUT2D eigenvalue weighted by Gasteiger charge is -2.34. The summed E-state index contributed by atoms with van der Waals surface area (Å²) >= 11 is 5.61. The van der Waals surface area contributed by atoms with Gasteiger partial charge in [0.15, 0.2) is 5.11 Å². The molecule has 3 rings (SSSR count). The Hall–Kier alpha value is -2.51. The number of quaternary nitrogens is 1. The Morgan fingerprint density at radius 2 is 1.62 bits per heavy atom. The molecule has 1 saturated heterocycles. The number of methoxy groups -OCH3 is 3. The molecular formula is C22H30N3O3S+. The minimum atomic E-state index is 0.719. The monoisotopic (exact) mass is 416 g/mol. The molecule has 0 bridgehead atoms. The third-order valence-corrected chi connectivity index (χ3v) is 5.69. The maximum atomic E-state index is 5.61. The van der Waals surface area contributed by atoms with Gasteiger partial charge in [-0.15, -0.1) is 0 Å². The van der Waals surface area contributed by atoms with Crippen LogP contribution in [0.4, 0.5) is 0 Å². The van der Waals surface area contributed by atoms with Crippen molar-refractivity contribution in [2.24, 2.45) is 0 Å². The molecule has 29 heavy (non-hydrogen) atoms. The first-order valence-corrected chi connectivity index (χ1v) is 10.2. The number of ether oxygens (including phenoxy) is 3. The molecule has 2 aromatic rings. The summed E-state index contributed by atoms with van der Waals surface area (Å²) in [4.78, 5) is 3.77. The van der Waals surface area contributed by atoms with Crippen LogP contribution in [0.5, 0.6) is 17.2 Å². The summed E-state index contributed by atoms with van der Waals surface area (Å²) in [5.41, 5.74) is 2.36. The molecule has 156 valence electrons. The van der Waals surface area contributed by atoms with Crippen molar-refractivity contribution in [1.29, 1.82) is 0 Å². The fraction of sp³-hybridized carbons (Fsp3) is 0.409. The predicted molar refractivity (Wildman–Crippen MR) is 118 cm³/mol. The molecule has 0 saturated carbocycles. The first-order chi connectivity index (χ1) is 14.1. The summed E-state index contributed by atoms with van der Waals surface area (Å²) in [5, 5.41) is 4.19. The Morgan fingerprint density at radius 1 is 0.966 bits per heavy atom. The summed E-state index contributed by atoms with van der Waals surface area (Å²) in [6, 6.07) is 14.0. The van der Waals surface area contributed by atoms with Crippen molar-refractivity contribution in [3.05, 3.63) is 53.6 Å². The second-order valence-electron chi connectivity index (χ2n) is 7.10. The van der Waals surface area contributed by atoms with E-state index in [2.05, 4.69) is 28.4 Å². The van der Waals surface area contributed by atoms with Gasteiger partial charge >= 0.3 is 0 Å². The molecule has 6 nitrogen and oxygen atoms in total. The van der Waals surface area contributed by atoms with Gasteiger partial charge in [0.25, 0.3) is 0 Å². The highest BCUT2D eigenvalue weighted by molar-refractivity contribution is 7.80. The Labute approximate surface area is 178 Å². The van der Waals surface area contributed by atoms with Gasteiger partial charge in [-0.3, -0.25) is 0 Å². The van der Waals surface area contributed by atoms with Crippen LogP contribution in [0.15, 0.2) is 42.5 Å². The summed E-state index contributed by atoms with van der Waals surface area (Å²) < 4.78 is 16.1. The van der Waals surface area contributed by atoms with Gasteiger partial charge in [-0.05, 0) is 48.1 Å². The lowest BCUT2D eigenvalue weighted by atomic mass is 10.1. The maximum absolute atomic E-state index is 5.61. The zero-order valence-electron chi connectivity index (χ0n) is 17.4. The molecule has 0 amide bonds. The smallest absolute Gasteiger partial charge is 0.169 e. The maximum Gasteiger partial charge on any atom is 0.169 e. The number of thiocarbonyl (C=S) groups is 1. The molecule has 2 aromatic carbocycles. The minimum Gasteiger partial charge on any atom is -0.497 e. The van der Waals surface area contributed by atoms with Gasteiger partial charge in [-0.2, -0.15) is 0 Å². The van der Waals surface area contributed by atoms with Crippen LogP contribution in [-0.4, -0.2) is 57.5 Å². The quantitative estimate of drug-likeness (QED) is 0.667. The zero-order chi connectivity index (χ0) is 20.6. The fourth-order valence-electron chi connectivity index (χ4n) is 3.53. The fourth-order valence-corrected chi connectivity index (χ4v) is 3.78. The number of nitrogens with zero attached hydrogens (tertiary/aromatic N) is 1. The third kappa shape index (κ3) is 5.74. The SMILES string of the molecule is COc1ccc(CNC(=S)N2CC[NH+](Cc3cc(OC)ccc3OC)CC2)cc1. The molecule has 0 aliphatic carbocycles. The largest absolute Gasteiger partial charge is 0.497 e. The van der Waals surface area contributed by atoms with E-state index in [9.17, 15) is 0 Å². The summed E-state index contributed by atoms with van der Waals surface area (Å²) in [6.07, 6.45) is 0. The van der Waals surface area contributed by atoms with E-state index in [4.69, 9.17) is 26.4 Å². The van der Waals surface area contributed by atoms with E-state index in [1.807, 2.05) is 24.3 Å². The molecule has 0 unspecified atom stereocenters. The van der Waals surface area contributed by atoms with Crippen LogP contribution in [0, 0.1) is 0 Å². The molecule has 0 radical (unpaired) electrons. The van der Waals surface area contributed by atoms with Gasteiger partial charge in [-0.25, -0.2) is 0 Å². The van der Waals surface area contributed by atoms with Crippen molar-refractivity contribution in [3.63, 3.8) is 0 Å². The lowest BCUT2D eigenvalue weighted by molar-refractivity contribution is -0.917. The molecule has 2 N–H and O–H groups in total. The predicted octanol–water partition coefficient (Wildman–Crippen LogP) is 1.49. The molecule has 0 aromatic heterocycles. The highest BCUT2D eigenvalue weighted by Gasteiger charge is 2.23.